The second kappa shape index (κ2) is 6.36. The highest BCUT2D eigenvalue weighted by atomic mass is 32.2. The fourth-order valence-corrected chi connectivity index (χ4v) is 3.17. The molecule has 1 aromatic carbocycles. The second-order valence-corrected chi connectivity index (χ2v) is 5.70. The first-order valence-electron chi connectivity index (χ1n) is 7.13. The van der Waals surface area contributed by atoms with Crippen LogP contribution in [-0.2, 0) is 6.54 Å². The van der Waals surface area contributed by atoms with Crippen molar-refractivity contribution in [3.8, 4) is 16.9 Å². The van der Waals surface area contributed by atoms with E-state index in [1.807, 2.05) is 21.7 Å². The molecule has 0 N–H and O–H groups in total. The van der Waals surface area contributed by atoms with Crippen molar-refractivity contribution >= 4 is 11.8 Å². The Hall–Kier alpha value is -2.08. The van der Waals surface area contributed by atoms with Gasteiger partial charge in [0.05, 0.1) is 6.33 Å². The van der Waals surface area contributed by atoms with Gasteiger partial charge in [-0.2, -0.15) is 5.10 Å². The number of aromatic nitrogens is 4. The summed E-state index contributed by atoms with van der Waals surface area (Å²) < 4.78 is 17.2. The Bertz CT molecular complexity index is 747. The molecule has 6 heteroatoms. The van der Waals surface area contributed by atoms with Crippen LogP contribution in [0.25, 0.3) is 16.9 Å². The summed E-state index contributed by atoms with van der Waals surface area (Å²) in [6.45, 7) is 2.97. The van der Waals surface area contributed by atoms with E-state index in [9.17, 15) is 4.39 Å². The number of hydrogen-bond acceptors (Lipinski definition) is 3. The molecule has 0 unspecified atom stereocenters. The van der Waals surface area contributed by atoms with Crippen molar-refractivity contribution in [2.75, 3.05) is 6.26 Å². The van der Waals surface area contributed by atoms with Gasteiger partial charge in [0.1, 0.15) is 22.2 Å². The lowest BCUT2D eigenvalue weighted by atomic mass is 10.1. The predicted octanol–water partition coefficient (Wildman–Crippen LogP) is 4.01. The number of benzene rings is 1. The standard InChI is InChI=1S/C16H17FN4S/c1-3-9-21-16(22-2)15(20-10-8-18-11-20)14(19-21)12-4-6-13(17)7-5-12/h4-8,10-11H,3,9H2,1-2H3. The Balaban J connectivity index is 2.21. The largest absolute Gasteiger partial charge is 0.302 e. The average Bonchev–Trinajstić information content (AvgIpc) is 3.15. The fraction of sp³-hybridized carbons (Fsp3) is 0.250. The van der Waals surface area contributed by atoms with Gasteiger partial charge in [-0.1, -0.05) is 6.92 Å². The second-order valence-electron chi connectivity index (χ2n) is 4.91. The van der Waals surface area contributed by atoms with Crippen molar-refractivity contribution in [2.24, 2.45) is 0 Å². The van der Waals surface area contributed by atoms with Crippen molar-refractivity contribution in [1.29, 1.82) is 0 Å². The number of nitrogens with zero attached hydrogens (tertiary/aromatic N) is 4. The molecular formula is C16H17FN4S. The molecule has 0 radical (unpaired) electrons. The molecule has 0 fully saturated rings. The van der Waals surface area contributed by atoms with Gasteiger partial charge < -0.3 is 4.57 Å². The Kier molecular flexibility index (Phi) is 4.29. The zero-order valence-electron chi connectivity index (χ0n) is 12.5. The van der Waals surface area contributed by atoms with E-state index < -0.39 is 0 Å². The summed E-state index contributed by atoms with van der Waals surface area (Å²) in [5.41, 5.74) is 2.73. The SMILES string of the molecule is CCCn1nc(-c2ccc(F)cc2)c(-n2ccnc2)c1SC. The summed E-state index contributed by atoms with van der Waals surface area (Å²) in [5.74, 6) is -0.244. The lowest BCUT2D eigenvalue weighted by molar-refractivity contribution is 0.559. The smallest absolute Gasteiger partial charge is 0.123 e. The molecule has 0 atom stereocenters. The summed E-state index contributed by atoms with van der Waals surface area (Å²) in [5, 5.41) is 5.83. The van der Waals surface area contributed by atoms with Crippen LogP contribution in [0.2, 0.25) is 0 Å². The number of rotatable bonds is 5. The van der Waals surface area contributed by atoms with Crippen LogP contribution in [0, 0.1) is 5.82 Å². The van der Waals surface area contributed by atoms with Crippen LogP contribution in [0.1, 0.15) is 13.3 Å². The Morgan fingerprint density at radius 2 is 2.00 bits per heavy atom. The third-order valence-electron chi connectivity index (χ3n) is 3.39. The third-order valence-corrected chi connectivity index (χ3v) is 4.18. The number of halogens is 1. The maximum Gasteiger partial charge on any atom is 0.123 e. The van der Waals surface area contributed by atoms with Crippen molar-refractivity contribution in [1.82, 2.24) is 19.3 Å². The molecule has 0 saturated heterocycles. The summed E-state index contributed by atoms with van der Waals surface area (Å²) in [6.07, 6.45) is 8.45. The Labute approximate surface area is 133 Å². The van der Waals surface area contributed by atoms with Gasteiger partial charge in [0.2, 0.25) is 0 Å². The molecule has 0 aliphatic rings. The maximum atomic E-state index is 13.2. The van der Waals surface area contributed by atoms with Crippen LogP contribution in [-0.4, -0.2) is 25.6 Å². The molecule has 3 rings (SSSR count). The third kappa shape index (κ3) is 2.66. The van der Waals surface area contributed by atoms with Gasteiger partial charge in [-0.05, 0) is 36.9 Å². The van der Waals surface area contributed by atoms with Crippen molar-refractivity contribution in [3.63, 3.8) is 0 Å². The lowest BCUT2D eigenvalue weighted by Crippen LogP contribution is -2.01. The summed E-state index contributed by atoms with van der Waals surface area (Å²) >= 11 is 1.66. The van der Waals surface area contributed by atoms with E-state index in [-0.39, 0.29) is 5.82 Å². The minimum Gasteiger partial charge on any atom is -0.302 e. The number of hydrogen-bond donors (Lipinski definition) is 0. The van der Waals surface area contributed by atoms with Gasteiger partial charge in [0.15, 0.2) is 0 Å². The van der Waals surface area contributed by atoms with Crippen LogP contribution in [0.5, 0.6) is 0 Å². The molecule has 0 bridgehead atoms. The van der Waals surface area contributed by atoms with Gasteiger partial charge in [0.25, 0.3) is 0 Å². The number of aryl methyl sites for hydroxylation is 1. The molecule has 2 heterocycles. The van der Waals surface area contributed by atoms with Crippen LogP contribution in [0.15, 0.2) is 48.0 Å². The quantitative estimate of drug-likeness (QED) is 0.667. The molecule has 2 aromatic heterocycles. The fourth-order valence-electron chi connectivity index (χ4n) is 2.43. The van der Waals surface area contributed by atoms with E-state index >= 15 is 0 Å². The van der Waals surface area contributed by atoms with E-state index in [4.69, 9.17) is 5.10 Å². The minimum atomic E-state index is -0.244. The molecule has 0 saturated carbocycles. The highest BCUT2D eigenvalue weighted by Crippen LogP contribution is 2.34. The molecule has 0 aliphatic carbocycles. The topological polar surface area (TPSA) is 35.6 Å². The van der Waals surface area contributed by atoms with Crippen LogP contribution >= 0.6 is 11.8 Å². The first-order chi connectivity index (χ1) is 10.7. The molecular weight excluding hydrogens is 299 g/mol. The normalized spacial score (nSPS) is 11.0. The molecule has 114 valence electrons. The Morgan fingerprint density at radius 3 is 2.59 bits per heavy atom. The van der Waals surface area contributed by atoms with Gasteiger partial charge in [-0.25, -0.2) is 9.37 Å². The van der Waals surface area contributed by atoms with E-state index in [0.29, 0.717) is 0 Å². The molecule has 22 heavy (non-hydrogen) atoms. The monoisotopic (exact) mass is 316 g/mol. The number of imidazole rings is 1. The predicted molar refractivity (Wildman–Crippen MR) is 86.8 cm³/mol. The van der Waals surface area contributed by atoms with Crippen LogP contribution in [0.3, 0.4) is 0 Å². The zero-order chi connectivity index (χ0) is 15.5. The highest BCUT2D eigenvalue weighted by Gasteiger charge is 2.19. The average molecular weight is 316 g/mol. The first-order valence-corrected chi connectivity index (χ1v) is 8.36. The molecule has 0 aliphatic heterocycles. The molecule has 0 amide bonds. The summed E-state index contributed by atoms with van der Waals surface area (Å²) in [6, 6.07) is 6.45. The number of thioether (sulfide) groups is 1. The van der Waals surface area contributed by atoms with Gasteiger partial charge >= 0.3 is 0 Å². The zero-order valence-corrected chi connectivity index (χ0v) is 13.3. The van der Waals surface area contributed by atoms with Crippen molar-refractivity contribution in [3.05, 3.63) is 48.8 Å². The molecule has 3 aromatic rings. The van der Waals surface area contributed by atoms with Gasteiger partial charge in [0, 0.05) is 24.5 Å². The summed E-state index contributed by atoms with van der Waals surface area (Å²) in [7, 11) is 0. The first kappa shape index (κ1) is 14.8. The van der Waals surface area contributed by atoms with Gasteiger partial charge in [-0.15, -0.1) is 11.8 Å². The molecule has 0 spiro atoms. The summed E-state index contributed by atoms with van der Waals surface area (Å²) in [4.78, 5) is 4.13. The Morgan fingerprint density at radius 1 is 1.23 bits per heavy atom. The highest BCUT2D eigenvalue weighted by molar-refractivity contribution is 7.98. The van der Waals surface area contributed by atoms with E-state index in [1.54, 1.807) is 36.4 Å². The van der Waals surface area contributed by atoms with E-state index in [1.165, 1.54) is 12.1 Å². The maximum absolute atomic E-state index is 13.2. The lowest BCUT2D eigenvalue weighted by Gasteiger charge is -2.07. The van der Waals surface area contributed by atoms with Crippen LogP contribution in [0.4, 0.5) is 4.39 Å². The van der Waals surface area contributed by atoms with E-state index in [0.717, 1.165) is 34.9 Å². The molecule has 4 nitrogen and oxygen atoms in total. The van der Waals surface area contributed by atoms with Crippen molar-refractivity contribution < 1.29 is 4.39 Å². The van der Waals surface area contributed by atoms with Crippen LogP contribution < -0.4 is 0 Å². The van der Waals surface area contributed by atoms with Gasteiger partial charge in [-0.3, -0.25) is 4.68 Å². The minimum absolute atomic E-state index is 0.244. The van der Waals surface area contributed by atoms with E-state index in [2.05, 4.69) is 11.9 Å². The van der Waals surface area contributed by atoms with Crippen molar-refractivity contribution in [2.45, 2.75) is 24.9 Å².